The minimum Gasteiger partial charge on any atom is -0.382 e. The average molecular weight is 331 g/mol. The molecule has 3 rings (SSSR count). The molecule has 24 heavy (non-hydrogen) atoms. The van der Waals surface area contributed by atoms with Gasteiger partial charge in [0.15, 0.2) is 0 Å². The molecule has 2 aliphatic heterocycles. The van der Waals surface area contributed by atoms with E-state index in [9.17, 15) is 4.79 Å². The second kappa shape index (κ2) is 7.66. The second-order valence-electron chi connectivity index (χ2n) is 7.06. The maximum absolute atomic E-state index is 12.5. The summed E-state index contributed by atoms with van der Waals surface area (Å²) >= 11 is 0. The van der Waals surface area contributed by atoms with E-state index in [2.05, 4.69) is 19.1 Å². The summed E-state index contributed by atoms with van der Waals surface area (Å²) < 4.78 is 11.5. The van der Waals surface area contributed by atoms with Gasteiger partial charge >= 0.3 is 0 Å². The summed E-state index contributed by atoms with van der Waals surface area (Å²) in [5.74, 6) is 0.785. The Hall–Kier alpha value is -1.39. The third kappa shape index (κ3) is 3.65. The zero-order valence-electron chi connectivity index (χ0n) is 14.9. The monoisotopic (exact) mass is 331 g/mol. The van der Waals surface area contributed by atoms with Crippen LogP contribution in [0.3, 0.4) is 0 Å². The van der Waals surface area contributed by atoms with E-state index in [-0.39, 0.29) is 11.5 Å². The van der Waals surface area contributed by atoms with E-state index in [0.29, 0.717) is 12.3 Å². The van der Waals surface area contributed by atoms with Gasteiger partial charge in [-0.1, -0.05) is 24.3 Å². The second-order valence-corrected chi connectivity index (χ2v) is 7.06. The molecule has 2 aliphatic rings. The third-order valence-electron chi connectivity index (χ3n) is 5.55. The van der Waals surface area contributed by atoms with Crippen molar-refractivity contribution in [3.05, 3.63) is 35.4 Å². The average Bonchev–Trinajstić information content (AvgIpc) is 2.97. The quantitative estimate of drug-likeness (QED) is 0.721. The van der Waals surface area contributed by atoms with E-state index in [1.54, 1.807) is 0 Å². The molecule has 4 nitrogen and oxygen atoms in total. The fourth-order valence-electron chi connectivity index (χ4n) is 3.98. The SMILES string of the molecule is CCOCC[C@H]1CCOC12CN(C(=O)CCc1ccccc1C)C2. The minimum absolute atomic E-state index is 0.0879. The number of ether oxygens (including phenoxy) is 2. The van der Waals surface area contributed by atoms with E-state index < -0.39 is 0 Å². The maximum Gasteiger partial charge on any atom is 0.223 e. The number of benzene rings is 1. The molecule has 1 aromatic rings. The predicted octanol–water partition coefficient (Wildman–Crippen LogP) is 2.97. The van der Waals surface area contributed by atoms with Crippen LogP contribution >= 0.6 is 0 Å². The molecule has 0 saturated carbocycles. The van der Waals surface area contributed by atoms with Crippen LogP contribution in [0.1, 0.15) is 37.3 Å². The molecule has 132 valence electrons. The standard InChI is InChI=1S/C20H29NO3/c1-3-23-12-10-18-11-13-24-20(18)14-21(15-20)19(22)9-8-17-7-5-4-6-16(17)2/h4-7,18H,3,8-15H2,1-2H3/t18-/m0/s1. The molecule has 1 spiro atoms. The van der Waals surface area contributed by atoms with Gasteiger partial charge in [-0.05, 0) is 50.2 Å². The van der Waals surface area contributed by atoms with E-state index in [1.165, 1.54) is 11.1 Å². The molecular formula is C20H29NO3. The number of carbonyl (C=O) groups excluding carboxylic acids is 1. The van der Waals surface area contributed by atoms with Gasteiger partial charge in [-0.2, -0.15) is 0 Å². The largest absolute Gasteiger partial charge is 0.382 e. The zero-order chi connectivity index (χ0) is 17.0. The van der Waals surface area contributed by atoms with Crippen molar-refractivity contribution in [2.45, 2.75) is 45.1 Å². The first kappa shape index (κ1) is 17.4. The highest BCUT2D eigenvalue weighted by molar-refractivity contribution is 5.77. The molecule has 2 saturated heterocycles. The topological polar surface area (TPSA) is 38.8 Å². The van der Waals surface area contributed by atoms with Crippen molar-refractivity contribution >= 4 is 5.91 Å². The number of nitrogens with zero attached hydrogens (tertiary/aromatic N) is 1. The third-order valence-corrected chi connectivity index (χ3v) is 5.55. The molecule has 0 radical (unpaired) electrons. The van der Waals surface area contributed by atoms with Crippen LogP contribution in [0.15, 0.2) is 24.3 Å². The van der Waals surface area contributed by atoms with Crippen LogP contribution in [0.25, 0.3) is 0 Å². The van der Waals surface area contributed by atoms with Crippen molar-refractivity contribution in [2.24, 2.45) is 5.92 Å². The summed E-state index contributed by atoms with van der Waals surface area (Å²) in [6, 6.07) is 8.30. The number of hydrogen-bond donors (Lipinski definition) is 0. The molecular weight excluding hydrogens is 302 g/mol. The van der Waals surface area contributed by atoms with Crippen LogP contribution in [0.5, 0.6) is 0 Å². The highest BCUT2D eigenvalue weighted by atomic mass is 16.5. The van der Waals surface area contributed by atoms with E-state index in [0.717, 1.165) is 52.2 Å². The Morgan fingerprint density at radius 1 is 1.38 bits per heavy atom. The minimum atomic E-state index is -0.0879. The molecule has 0 N–H and O–H groups in total. The zero-order valence-corrected chi connectivity index (χ0v) is 14.9. The lowest BCUT2D eigenvalue weighted by atomic mass is 9.79. The van der Waals surface area contributed by atoms with Gasteiger partial charge in [0, 0.05) is 26.2 Å². The normalized spacial score (nSPS) is 21.9. The first-order chi connectivity index (χ1) is 11.6. The lowest BCUT2D eigenvalue weighted by molar-refractivity contribution is -0.166. The highest BCUT2D eigenvalue weighted by Crippen LogP contribution is 2.41. The van der Waals surface area contributed by atoms with Gasteiger partial charge in [0.1, 0.15) is 5.60 Å². The molecule has 0 unspecified atom stereocenters. The Kier molecular flexibility index (Phi) is 5.57. The van der Waals surface area contributed by atoms with Crippen molar-refractivity contribution in [2.75, 3.05) is 32.9 Å². The van der Waals surface area contributed by atoms with E-state index in [1.807, 2.05) is 24.0 Å². The number of rotatable bonds is 7. The van der Waals surface area contributed by atoms with Crippen LogP contribution in [0, 0.1) is 12.8 Å². The predicted molar refractivity (Wildman–Crippen MR) is 94.0 cm³/mol. The summed E-state index contributed by atoms with van der Waals surface area (Å²) in [6.07, 6.45) is 3.55. The van der Waals surface area contributed by atoms with Gasteiger partial charge in [-0.25, -0.2) is 0 Å². The Morgan fingerprint density at radius 2 is 2.17 bits per heavy atom. The maximum atomic E-state index is 12.5. The molecule has 1 aromatic carbocycles. The van der Waals surface area contributed by atoms with Gasteiger partial charge in [0.2, 0.25) is 5.91 Å². The Labute approximate surface area is 145 Å². The molecule has 0 bridgehead atoms. The van der Waals surface area contributed by atoms with Gasteiger partial charge < -0.3 is 14.4 Å². The molecule has 2 heterocycles. The molecule has 0 aliphatic carbocycles. The van der Waals surface area contributed by atoms with Crippen molar-refractivity contribution in [1.29, 1.82) is 0 Å². The number of amides is 1. The molecule has 1 atom stereocenters. The number of carbonyl (C=O) groups is 1. The van der Waals surface area contributed by atoms with Gasteiger partial charge in [0.05, 0.1) is 13.1 Å². The van der Waals surface area contributed by atoms with Crippen molar-refractivity contribution < 1.29 is 14.3 Å². The van der Waals surface area contributed by atoms with Crippen LogP contribution in [0.4, 0.5) is 0 Å². The first-order valence-electron chi connectivity index (χ1n) is 9.18. The number of likely N-dealkylation sites (tertiary alicyclic amines) is 1. The van der Waals surface area contributed by atoms with Crippen LogP contribution in [-0.4, -0.2) is 49.3 Å². The Bertz CT molecular complexity index is 566. The van der Waals surface area contributed by atoms with Gasteiger partial charge in [-0.15, -0.1) is 0 Å². The van der Waals surface area contributed by atoms with Crippen molar-refractivity contribution in [3.63, 3.8) is 0 Å². The highest BCUT2D eigenvalue weighted by Gasteiger charge is 2.53. The molecule has 2 fully saturated rings. The summed E-state index contributed by atoms with van der Waals surface area (Å²) in [4.78, 5) is 14.4. The fourth-order valence-corrected chi connectivity index (χ4v) is 3.98. The smallest absolute Gasteiger partial charge is 0.223 e. The molecule has 4 heteroatoms. The van der Waals surface area contributed by atoms with Crippen LogP contribution < -0.4 is 0 Å². The van der Waals surface area contributed by atoms with E-state index in [4.69, 9.17) is 9.47 Å². The van der Waals surface area contributed by atoms with E-state index >= 15 is 0 Å². The Balaban J connectivity index is 1.46. The number of hydrogen-bond acceptors (Lipinski definition) is 3. The lowest BCUT2D eigenvalue weighted by Gasteiger charge is -2.50. The molecule has 1 amide bonds. The van der Waals surface area contributed by atoms with Crippen molar-refractivity contribution in [3.8, 4) is 0 Å². The molecule has 0 aromatic heterocycles. The number of aryl methyl sites for hydroxylation is 2. The first-order valence-corrected chi connectivity index (χ1v) is 9.18. The van der Waals surface area contributed by atoms with Gasteiger partial charge in [0.25, 0.3) is 0 Å². The summed E-state index contributed by atoms with van der Waals surface area (Å²) in [5.41, 5.74) is 2.45. The summed E-state index contributed by atoms with van der Waals surface area (Å²) in [6.45, 7) is 8.04. The van der Waals surface area contributed by atoms with Gasteiger partial charge in [-0.3, -0.25) is 4.79 Å². The fraction of sp³-hybridized carbons (Fsp3) is 0.650. The Morgan fingerprint density at radius 3 is 2.92 bits per heavy atom. The lowest BCUT2D eigenvalue weighted by Crippen LogP contribution is -2.66. The summed E-state index contributed by atoms with van der Waals surface area (Å²) in [5, 5.41) is 0. The van der Waals surface area contributed by atoms with Crippen LogP contribution in [0.2, 0.25) is 0 Å². The van der Waals surface area contributed by atoms with Crippen LogP contribution in [-0.2, 0) is 20.7 Å². The summed E-state index contributed by atoms with van der Waals surface area (Å²) in [7, 11) is 0. The van der Waals surface area contributed by atoms with Crippen molar-refractivity contribution in [1.82, 2.24) is 4.90 Å².